The maximum atomic E-state index is 12.3. The van der Waals surface area contributed by atoms with Gasteiger partial charge in [-0.05, 0) is 50.1 Å². The van der Waals surface area contributed by atoms with Crippen LogP contribution in [0.4, 0.5) is 11.4 Å². The lowest BCUT2D eigenvalue weighted by atomic mass is 10.1. The van der Waals surface area contributed by atoms with E-state index in [9.17, 15) is 4.79 Å². The highest BCUT2D eigenvalue weighted by Crippen LogP contribution is 2.19. The Kier molecular flexibility index (Phi) is 4.80. The summed E-state index contributed by atoms with van der Waals surface area (Å²) in [5.74, 6) is -0.177. The summed E-state index contributed by atoms with van der Waals surface area (Å²) in [6.45, 7) is 5.85. The monoisotopic (exact) mass is 293 g/mol. The number of hydrogen-bond donors (Lipinski definition) is 2. The van der Waals surface area contributed by atoms with Crippen LogP contribution in [0.15, 0.2) is 42.5 Å². The molecule has 2 aromatic rings. The van der Waals surface area contributed by atoms with Crippen molar-refractivity contribution in [3.63, 3.8) is 0 Å². The maximum absolute atomic E-state index is 12.3. The molecule has 2 aromatic carbocycles. The van der Waals surface area contributed by atoms with Gasteiger partial charge in [0, 0.05) is 5.69 Å². The second kappa shape index (κ2) is 6.77. The second-order valence-electron chi connectivity index (χ2n) is 5.26. The normalized spacial score (nSPS) is 11.4. The van der Waals surface area contributed by atoms with Crippen molar-refractivity contribution in [2.75, 3.05) is 10.6 Å². The molecule has 0 fully saturated rings. The van der Waals surface area contributed by atoms with E-state index in [1.54, 1.807) is 31.2 Å². The van der Waals surface area contributed by atoms with Gasteiger partial charge in [0.2, 0.25) is 5.91 Å². The number of nitrogens with zero attached hydrogens (tertiary/aromatic N) is 1. The molecule has 0 saturated carbocycles. The maximum Gasteiger partial charge on any atom is 0.246 e. The minimum atomic E-state index is -0.410. The van der Waals surface area contributed by atoms with Crippen LogP contribution < -0.4 is 10.6 Å². The molecule has 0 spiro atoms. The number of aryl methyl sites for hydroxylation is 1. The van der Waals surface area contributed by atoms with Crippen molar-refractivity contribution in [1.29, 1.82) is 5.26 Å². The molecule has 0 aliphatic carbocycles. The summed E-state index contributed by atoms with van der Waals surface area (Å²) in [5, 5.41) is 15.1. The van der Waals surface area contributed by atoms with Crippen molar-refractivity contribution in [2.45, 2.75) is 26.8 Å². The molecule has 112 valence electrons. The second-order valence-corrected chi connectivity index (χ2v) is 5.26. The molecular weight excluding hydrogens is 274 g/mol. The predicted octanol–water partition coefficient (Wildman–Crippen LogP) is 3.61. The average molecular weight is 293 g/mol. The minimum Gasteiger partial charge on any atom is -0.374 e. The third kappa shape index (κ3) is 3.44. The molecule has 0 aromatic heterocycles. The molecule has 0 saturated heterocycles. The molecule has 2 rings (SSSR count). The van der Waals surface area contributed by atoms with Crippen molar-refractivity contribution >= 4 is 17.3 Å². The Morgan fingerprint density at radius 1 is 1.09 bits per heavy atom. The van der Waals surface area contributed by atoms with E-state index in [2.05, 4.69) is 16.7 Å². The largest absolute Gasteiger partial charge is 0.374 e. The average Bonchev–Trinajstić information content (AvgIpc) is 2.52. The van der Waals surface area contributed by atoms with Crippen molar-refractivity contribution in [3.8, 4) is 6.07 Å². The number of rotatable bonds is 4. The summed E-state index contributed by atoms with van der Waals surface area (Å²) in [6.07, 6.45) is 0. The fourth-order valence-corrected chi connectivity index (χ4v) is 2.14. The first kappa shape index (κ1) is 15.6. The van der Waals surface area contributed by atoms with Crippen LogP contribution in [0, 0.1) is 25.2 Å². The van der Waals surface area contributed by atoms with Gasteiger partial charge in [0.1, 0.15) is 12.1 Å². The van der Waals surface area contributed by atoms with Gasteiger partial charge in [0.15, 0.2) is 0 Å². The van der Waals surface area contributed by atoms with Crippen molar-refractivity contribution in [2.24, 2.45) is 0 Å². The van der Waals surface area contributed by atoms with Crippen molar-refractivity contribution in [3.05, 3.63) is 59.2 Å². The van der Waals surface area contributed by atoms with Crippen LogP contribution in [-0.2, 0) is 4.79 Å². The summed E-state index contributed by atoms with van der Waals surface area (Å²) in [7, 11) is 0. The van der Waals surface area contributed by atoms with E-state index < -0.39 is 6.04 Å². The van der Waals surface area contributed by atoms with Crippen LogP contribution in [0.3, 0.4) is 0 Å². The first-order valence-electron chi connectivity index (χ1n) is 7.15. The number of carbonyl (C=O) groups is 1. The Hall–Kier alpha value is -2.80. The number of para-hydroxylation sites is 1. The Labute approximate surface area is 130 Å². The molecule has 0 radical (unpaired) electrons. The minimum absolute atomic E-state index is 0.177. The molecule has 4 heteroatoms. The van der Waals surface area contributed by atoms with E-state index in [-0.39, 0.29) is 5.91 Å². The van der Waals surface area contributed by atoms with E-state index in [0.717, 1.165) is 11.3 Å². The highest BCUT2D eigenvalue weighted by molar-refractivity contribution is 5.97. The molecule has 0 unspecified atom stereocenters. The Balaban J connectivity index is 2.10. The fraction of sp³-hybridized carbons (Fsp3) is 0.222. The van der Waals surface area contributed by atoms with Gasteiger partial charge in [-0.3, -0.25) is 4.79 Å². The van der Waals surface area contributed by atoms with Gasteiger partial charge >= 0.3 is 0 Å². The van der Waals surface area contributed by atoms with E-state index in [4.69, 9.17) is 5.26 Å². The smallest absolute Gasteiger partial charge is 0.246 e. The third-order valence-electron chi connectivity index (χ3n) is 3.68. The summed E-state index contributed by atoms with van der Waals surface area (Å²) >= 11 is 0. The van der Waals surface area contributed by atoms with Gasteiger partial charge in [-0.1, -0.05) is 24.3 Å². The molecular formula is C18H19N3O. The van der Waals surface area contributed by atoms with E-state index in [1.807, 2.05) is 32.0 Å². The lowest BCUT2D eigenvalue weighted by molar-refractivity contribution is -0.116. The van der Waals surface area contributed by atoms with Gasteiger partial charge in [-0.25, -0.2) is 0 Å². The van der Waals surface area contributed by atoms with E-state index >= 15 is 0 Å². The molecule has 0 aliphatic rings. The zero-order valence-electron chi connectivity index (χ0n) is 13.0. The summed E-state index contributed by atoms with van der Waals surface area (Å²) in [4.78, 5) is 12.3. The fourth-order valence-electron chi connectivity index (χ4n) is 2.14. The van der Waals surface area contributed by atoms with Gasteiger partial charge in [-0.15, -0.1) is 0 Å². The number of amides is 1. The highest BCUT2D eigenvalue weighted by Gasteiger charge is 2.15. The molecule has 4 nitrogen and oxygen atoms in total. The van der Waals surface area contributed by atoms with E-state index in [1.165, 1.54) is 5.56 Å². The topological polar surface area (TPSA) is 64.9 Å². The van der Waals surface area contributed by atoms with Crippen LogP contribution in [0.1, 0.15) is 23.6 Å². The number of carbonyl (C=O) groups excluding carboxylic acids is 1. The number of nitrogens with one attached hydrogen (secondary N) is 2. The molecule has 1 atom stereocenters. The molecule has 0 heterocycles. The Morgan fingerprint density at radius 3 is 2.50 bits per heavy atom. The Bertz CT molecular complexity index is 731. The number of hydrogen-bond acceptors (Lipinski definition) is 3. The standard InChI is InChI=1S/C18H19N3O/c1-12-7-6-10-16(13(12)2)20-14(3)18(22)21-17-9-5-4-8-15(17)11-19/h4-10,14,20H,1-3H3,(H,21,22)/t14-/m1/s1. The van der Waals surface area contributed by atoms with Gasteiger partial charge < -0.3 is 10.6 Å². The van der Waals surface area contributed by atoms with Crippen LogP contribution >= 0.6 is 0 Å². The molecule has 1 amide bonds. The Morgan fingerprint density at radius 2 is 1.77 bits per heavy atom. The van der Waals surface area contributed by atoms with Crippen LogP contribution in [-0.4, -0.2) is 11.9 Å². The summed E-state index contributed by atoms with van der Waals surface area (Å²) in [5.41, 5.74) is 4.22. The number of benzene rings is 2. The predicted molar refractivity (Wildman–Crippen MR) is 88.8 cm³/mol. The molecule has 0 bridgehead atoms. The molecule has 22 heavy (non-hydrogen) atoms. The lowest BCUT2D eigenvalue weighted by Crippen LogP contribution is -2.32. The molecule has 2 N–H and O–H groups in total. The quantitative estimate of drug-likeness (QED) is 0.905. The van der Waals surface area contributed by atoms with Crippen molar-refractivity contribution < 1.29 is 4.79 Å². The summed E-state index contributed by atoms with van der Waals surface area (Å²) in [6, 6.07) is 14.6. The lowest BCUT2D eigenvalue weighted by Gasteiger charge is -2.18. The first-order chi connectivity index (χ1) is 10.5. The first-order valence-corrected chi connectivity index (χ1v) is 7.15. The van der Waals surface area contributed by atoms with Crippen molar-refractivity contribution in [1.82, 2.24) is 0 Å². The van der Waals surface area contributed by atoms with Crippen LogP contribution in [0.2, 0.25) is 0 Å². The van der Waals surface area contributed by atoms with Crippen LogP contribution in [0.5, 0.6) is 0 Å². The van der Waals surface area contributed by atoms with E-state index in [0.29, 0.717) is 11.3 Å². The van der Waals surface area contributed by atoms with Gasteiger partial charge in [0.05, 0.1) is 11.3 Å². The van der Waals surface area contributed by atoms with Gasteiger partial charge in [-0.2, -0.15) is 5.26 Å². The molecule has 0 aliphatic heterocycles. The number of anilines is 2. The zero-order valence-corrected chi connectivity index (χ0v) is 13.0. The SMILES string of the molecule is Cc1cccc(N[C@H](C)C(=O)Nc2ccccc2C#N)c1C. The third-order valence-corrected chi connectivity index (χ3v) is 3.68. The number of nitriles is 1. The van der Waals surface area contributed by atoms with Gasteiger partial charge in [0.25, 0.3) is 0 Å². The zero-order chi connectivity index (χ0) is 16.1. The van der Waals surface area contributed by atoms with Crippen LogP contribution in [0.25, 0.3) is 0 Å². The highest BCUT2D eigenvalue weighted by atomic mass is 16.2. The summed E-state index contributed by atoms with van der Waals surface area (Å²) < 4.78 is 0.